The molecular formula is C11H17N3O5S. The van der Waals surface area contributed by atoms with Crippen LogP contribution in [0.4, 0.5) is 5.69 Å². The lowest BCUT2D eigenvalue weighted by Crippen LogP contribution is -2.43. The number of hydrogen-bond acceptors (Lipinski definition) is 6. The maximum Gasteiger partial charge on any atom is 0.273 e. The number of nitrogens with one attached hydrogen (secondary N) is 1. The molecule has 9 heteroatoms. The summed E-state index contributed by atoms with van der Waals surface area (Å²) < 4.78 is 26.2. The summed E-state index contributed by atoms with van der Waals surface area (Å²) in [5, 5.41) is 20.0. The number of aryl methyl sites for hydroxylation is 1. The number of nitrogens with two attached hydrogens (primary N) is 1. The van der Waals surface area contributed by atoms with Crippen LogP contribution in [0.5, 0.6) is 0 Å². The molecular weight excluding hydrogens is 286 g/mol. The average Bonchev–Trinajstić information content (AvgIpc) is 2.35. The van der Waals surface area contributed by atoms with Crippen molar-refractivity contribution in [1.82, 2.24) is 4.72 Å². The van der Waals surface area contributed by atoms with Crippen LogP contribution in [-0.2, 0) is 10.0 Å². The van der Waals surface area contributed by atoms with Crippen molar-refractivity contribution in [3.8, 4) is 0 Å². The van der Waals surface area contributed by atoms with Gasteiger partial charge in [-0.2, -0.15) is 0 Å². The van der Waals surface area contributed by atoms with E-state index in [4.69, 9.17) is 5.73 Å². The number of rotatable bonds is 6. The standard InChI is InChI=1S/C11H17N3O5S/c1-7-3-4-9(5-11(7)14(16)17)20(18,19)13-6-10(12)8(2)15/h3-5,8,10,13,15H,6,12H2,1-2H3. The van der Waals surface area contributed by atoms with Crippen molar-refractivity contribution in [2.75, 3.05) is 6.54 Å². The molecule has 1 aromatic carbocycles. The Hall–Kier alpha value is -1.55. The number of nitro benzene ring substituents is 1. The van der Waals surface area contributed by atoms with Crippen LogP contribution in [0.25, 0.3) is 0 Å². The topological polar surface area (TPSA) is 136 Å². The Labute approximate surface area is 116 Å². The van der Waals surface area contributed by atoms with Gasteiger partial charge in [0.1, 0.15) is 0 Å². The third-order valence-corrected chi connectivity index (χ3v) is 4.24. The first kappa shape index (κ1) is 16.5. The Balaban J connectivity index is 2.99. The highest BCUT2D eigenvalue weighted by Gasteiger charge is 2.21. The van der Waals surface area contributed by atoms with E-state index in [-0.39, 0.29) is 17.1 Å². The first-order valence-corrected chi connectivity index (χ1v) is 7.32. The Morgan fingerprint density at radius 1 is 1.50 bits per heavy atom. The lowest BCUT2D eigenvalue weighted by atomic mass is 10.2. The van der Waals surface area contributed by atoms with Gasteiger partial charge in [-0.1, -0.05) is 6.07 Å². The van der Waals surface area contributed by atoms with Gasteiger partial charge in [-0.15, -0.1) is 0 Å². The SMILES string of the molecule is Cc1ccc(S(=O)(=O)NCC(N)C(C)O)cc1[N+](=O)[O-]. The van der Waals surface area contributed by atoms with E-state index in [0.717, 1.165) is 6.07 Å². The van der Waals surface area contributed by atoms with E-state index in [1.54, 1.807) is 0 Å². The fourth-order valence-corrected chi connectivity index (χ4v) is 2.51. The van der Waals surface area contributed by atoms with Gasteiger partial charge in [-0.05, 0) is 19.9 Å². The molecule has 0 heterocycles. The van der Waals surface area contributed by atoms with Crippen molar-refractivity contribution >= 4 is 15.7 Å². The predicted molar refractivity (Wildman–Crippen MR) is 72.7 cm³/mol. The molecule has 4 N–H and O–H groups in total. The highest BCUT2D eigenvalue weighted by Crippen LogP contribution is 2.21. The van der Waals surface area contributed by atoms with Crippen molar-refractivity contribution in [2.24, 2.45) is 5.73 Å². The van der Waals surface area contributed by atoms with E-state index in [1.807, 2.05) is 0 Å². The monoisotopic (exact) mass is 303 g/mol. The largest absolute Gasteiger partial charge is 0.392 e. The normalized spacial score (nSPS) is 14.8. The Morgan fingerprint density at radius 3 is 2.60 bits per heavy atom. The van der Waals surface area contributed by atoms with Crippen LogP contribution >= 0.6 is 0 Å². The lowest BCUT2D eigenvalue weighted by Gasteiger charge is -2.15. The van der Waals surface area contributed by atoms with Gasteiger partial charge in [0.25, 0.3) is 5.69 Å². The smallest absolute Gasteiger partial charge is 0.273 e. The molecule has 0 aliphatic rings. The molecule has 20 heavy (non-hydrogen) atoms. The molecule has 0 spiro atoms. The molecule has 0 fully saturated rings. The van der Waals surface area contributed by atoms with Gasteiger partial charge in [0.15, 0.2) is 0 Å². The summed E-state index contributed by atoms with van der Waals surface area (Å²) in [6.07, 6.45) is -0.870. The predicted octanol–water partition coefficient (Wildman–Crippen LogP) is -0.110. The molecule has 0 aliphatic carbocycles. The summed E-state index contributed by atoms with van der Waals surface area (Å²) in [5.74, 6) is 0. The second-order valence-corrected chi connectivity index (χ2v) is 6.23. The Kier molecular flexibility index (Phi) is 5.17. The zero-order valence-electron chi connectivity index (χ0n) is 11.1. The minimum absolute atomic E-state index is 0.165. The molecule has 0 aromatic heterocycles. The highest BCUT2D eigenvalue weighted by atomic mass is 32.2. The van der Waals surface area contributed by atoms with Crippen LogP contribution < -0.4 is 10.5 Å². The third kappa shape index (κ3) is 3.97. The third-order valence-electron chi connectivity index (χ3n) is 2.82. The lowest BCUT2D eigenvalue weighted by molar-refractivity contribution is -0.385. The number of nitrogens with zero attached hydrogens (tertiary/aromatic N) is 1. The minimum atomic E-state index is -3.91. The van der Waals surface area contributed by atoms with Crippen LogP contribution in [0, 0.1) is 17.0 Å². The van der Waals surface area contributed by atoms with E-state index < -0.39 is 27.1 Å². The van der Waals surface area contributed by atoms with Gasteiger partial charge in [0, 0.05) is 24.2 Å². The van der Waals surface area contributed by atoms with Gasteiger partial charge in [0.2, 0.25) is 10.0 Å². The number of benzene rings is 1. The molecule has 0 amide bonds. The van der Waals surface area contributed by atoms with Crippen LogP contribution in [0.3, 0.4) is 0 Å². The van der Waals surface area contributed by atoms with Crippen molar-refractivity contribution in [3.05, 3.63) is 33.9 Å². The highest BCUT2D eigenvalue weighted by molar-refractivity contribution is 7.89. The first-order valence-electron chi connectivity index (χ1n) is 5.83. The van der Waals surface area contributed by atoms with E-state index in [2.05, 4.69) is 4.72 Å². The second-order valence-electron chi connectivity index (χ2n) is 4.46. The molecule has 0 saturated heterocycles. The van der Waals surface area contributed by atoms with E-state index >= 15 is 0 Å². The molecule has 1 aromatic rings. The molecule has 2 atom stereocenters. The average molecular weight is 303 g/mol. The van der Waals surface area contributed by atoms with E-state index in [9.17, 15) is 23.6 Å². The zero-order valence-corrected chi connectivity index (χ0v) is 11.9. The van der Waals surface area contributed by atoms with Gasteiger partial charge < -0.3 is 10.8 Å². The Morgan fingerprint density at radius 2 is 2.10 bits per heavy atom. The molecule has 8 nitrogen and oxygen atoms in total. The minimum Gasteiger partial charge on any atom is -0.392 e. The van der Waals surface area contributed by atoms with Gasteiger partial charge >= 0.3 is 0 Å². The summed E-state index contributed by atoms with van der Waals surface area (Å²) in [6.45, 7) is 2.79. The molecule has 1 rings (SSSR count). The van der Waals surface area contributed by atoms with Crippen LogP contribution in [-0.4, -0.2) is 37.1 Å². The molecule has 2 unspecified atom stereocenters. The Bertz CT molecular complexity index is 600. The summed E-state index contributed by atoms with van der Waals surface area (Å²) in [4.78, 5) is 9.94. The first-order chi connectivity index (χ1) is 9.15. The van der Waals surface area contributed by atoms with Crippen LogP contribution in [0.15, 0.2) is 23.1 Å². The molecule has 0 aliphatic heterocycles. The van der Waals surface area contributed by atoms with Crippen LogP contribution in [0.2, 0.25) is 0 Å². The summed E-state index contributed by atoms with van der Waals surface area (Å²) in [7, 11) is -3.91. The number of sulfonamides is 1. The fraction of sp³-hybridized carbons (Fsp3) is 0.455. The van der Waals surface area contributed by atoms with Crippen molar-refractivity contribution < 1.29 is 18.4 Å². The quantitative estimate of drug-likeness (QED) is 0.495. The number of hydrogen-bond donors (Lipinski definition) is 3. The summed E-state index contributed by atoms with van der Waals surface area (Å²) >= 11 is 0. The van der Waals surface area contributed by atoms with Crippen molar-refractivity contribution in [2.45, 2.75) is 30.9 Å². The maximum atomic E-state index is 12.0. The maximum absolute atomic E-state index is 12.0. The molecule has 0 saturated carbocycles. The summed E-state index contributed by atoms with van der Waals surface area (Å²) in [5.41, 5.74) is 5.62. The molecule has 0 bridgehead atoms. The molecule has 0 radical (unpaired) electrons. The van der Waals surface area contributed by atoms with Crippen molar-refractivity contribution in [3.63, 3.8) is 0 Å². The zero-order chi connectivity index (χ0) is 15.5. The molecule has 112 valence electrons. The second kappa shape index (κ2) is 6.27. The number of aliphatic hydroxyl groups excluding tert-OH is 1. The number of nitro groups is 1. The number of aliphatic hydroxyl groups is 1. The van der Waals surface area contributed by atoms with Crippen molar-refractivity contribution in [1.29, 1.82) is 0 Å². The van der Waals surface area contributed by atoms with Crippen LogP contribution in [0.1, 0.15) is 12.5 Å². The van der Waals surface area contributed by atoms with Gasteiger partial charge in [-0.25, -0.2) is 13.1 Å². The van der Waals surface area contributed by atoms with Gasteiger partial charge in [-0.3, -0.25) is 10.1 Å². The van der Waals surface area contributed by atoms with E-state index in [0.29, 0.717) is 5.56 Å². The fourth-order valence-electron chi connectivity index (χ4n) is 1.41. The van der Waals surface area contributed by atoms with Gasteiger partial charge in [0.05, 0.1) is 15.9 Å². The summed E-state index contributed by atoms with van der Waals surface area (Å²) in [6, 6.07) is 2.87. The van der Waals surface area contributed by atoms with E-state index in [1.165, 1.54) is 26.0 Å².